The summed E-state index contributed by atoms with van der Waals surface area (Å²) in [6.07, 6.45) is -0.818. The van der Waals surface area contributed by atoms with Crippen LogP contribution in [-0.2, 0) is 16.6 Å². The number of pyridine rings is 1. The van der Waals surface area contributed by atoms with E-state index in [1.54, 1.807) is 44.3 Å². The van der Waals surface area contributed by atoms with E-state index >= 15 is 0 Å². The zero-order valence-corrected chi connectivity index (χ0v) is 21.3. The Morgan fingerprint density at radius 1 is 1.00 bits per heavy atom. The Bertz CT molecular complexity index is 1520. The fourth-order valence-electron chi connectivity index (χ4n) is 4.17. The zero-order chi connectivity index (χ0) is 26.0. The fraction of sp³-hybridized carbons (Fsp3) is 0.207. The lowest BCUT2D eigenvalue weighted by Crippen LogP contribution is -2.34. The van der Waals surface area contributed by atoms with Crippen LogP contribution < -0.4 is 10.9 Å². The number of carbonyl (C=O) groups is 2. The van der Waals surface area contributed by atoms with Crippen LogP contribution in [-0.4, -0.2) is 22.5 Å². The van der Waals surface area contributed by atoms with E-state index in [4.69, 9.17) is 16.3 Å². The summed E-state index contributed by atoms with van der Waals surface area (Å²) in [5.74, 6) is -1.22. The smallest absolute Gasteiger partial charge is 0.356 e. The van der Waals surface area contributed by atoms with Crippen LogP contribution in [0.4, 0.5) is 5.69 Å². The quantitative estimate of drug-likeness (QED) is 0.325. The van der Waals surface area contributed by atoms with Gasteiger partial charge in [0.2, 0.25) is 0 Å². The van der Waals surface area contributed by atoms with E-state index in [1.165, 1.54) is 4.57 Å². The monoisotopic (exact) mass is 502 g/mol. The number of rotatable bonds is 6. The number of esters is 1. The number of nitrogens with zero attached hydrogens (tertiary/aromatic N) is 1. The van der Waals surface area contributed by atoms with Crippen molar-refractivity contribution in [3.8, 4) is 11.1 Å². The molecule has 0 aliphatic carbocycles. The first-order valence-corrected chi connectivity index (χ1v) is 12.1. The minimum Gasteiger partial charge on any atom is -0.448 e. The number of benzene rings is 3. The predicted octanol–water partition coefficient (Wildman–Crippen LogP) is 6.05. The molecule has 0 spiro atoms. The van der Waals surface area contributed by atoms with Gasteiger partial charge in [-0.15, -0.1) is 0 Å². The molecule has 1 N–H and O–H groups in total. The summed E-state index contributed by atoms with van der Waals surface area (Å²) in [5, 5.41) is 4.42. The van der Waals surface area contributed by atoms with Crippen molar-refractivity contribution in [3.63, 3.8) is 0 Å². The van der Waals surface area contributed by atoms with Gasteiger partial charge in [0.05, 0.1) is 0 Å². The maximum atomic E-state index is 13.6. The minimum atomic E-state index is -1.07. The molecule has 0 aliphatic rings. The van der Waals surface area contributed by atoms with E-state index in [-0.39, 0.29) is 17.7 Å². The van der Waals surface area contributed by atoms with Gasteiger partial charge in [-0.2, -0.15) is 0 Å². The standard InChI is InChI=1S/C29H27ClN2O4/c1-5-24(27(33)31-23-16-20(30)15-12-18(23)3)36-29(35)26-25(19-13-10-17(2)11-14-19)21-8-6-7-9-22(21)28(34)32(26)4/h6-16,24H,5H2,1-4H3,(H,31,33). The van der Waals surface area contributed by atoms with Crippen molar-refractivity contribution in [2.75, 3.05) is 5.32 Å². The highest BCUT2D eigenvalue weighted by Gasteiger charge is 2.28. The molecule has 0 bridgehead atoms. The zero-order valence-electron chi connectivity index (χ0n) is 20.6. The van der Waals surface area contributed by atoms with Gasteiger partial charge in [0.15, 0.2) is 6.10 Å². The number of amides is 1. The number of anilines is 1. The number of aryl methyl sites for hydroxylation is 2. The molecule has 4 aromatic rings. The maximum Gasteiger partial charge on any atom is 0.356 e. The lowest BCUT2D eigenvalue weighted by Gasteiger charge is -2.20. The van der Waals surface area contributed by atoms with Crippen molar-refractivity contribution < 1.29 is 14.3 Å². The maximum absolute atomic E-state index is 13.6. The number of aromatic nitrogens is 1. The predicted molar refractivity (Wildman–Crippen MR) is 144 cm³/mol. The van der Waals surface area contributed by atoms with Crippen molar-refractivity contribution in [2.45, 2.75) is 33.3 Å². The summed E-state index contributed by atoms with van der Waals surface area (Å²) in [6, 6.07) is 20.0. The van der Waals surface area contributed by atoms with E-state index in [2.05, 4.69) is 5.32 Å². The molecule has 36 heavy (non-hydrogen) atoms. The van der Waals surface area contributed by atoms with Gasteiger partial charge >= 0.3 is 5.97 Å². The van der Waals surface area contributed by atoms with Gasteiger partial charge in [0.25, 0.3) is 11.5 Å². The SMILES string of the molecule is CCC(OC(=O)c1c(-c2ccc(C)cc2)c2ccccc2c(=O)n1C)C(=O)Nc1cc(Cl)ccc1C. The van der Waals surface area contributed by atoms with Crippen LogP contribution >= 0.6 is 11.6 Å². The average Bonchev–Trinajstić information content (AvgIpc) is 2.87. The molecule has 1 amide bonds. The number of ether oxygens (including phenoxy) is 1. The highest BCUT2D eigenvalue weighted by Crippen LogP contribution is 2.31. The summed E-state index contributed by atoms with van der Waals surface area (Å²) in [7, 11) is 1.54. The first-order valence-electron chi connectivity index (χ1n) is 11.7. The van der Waals surface area contributed by atoms with E-state index in [0.29, 0.717) is 27.0 Å². The first kappa shape index (κ1) is 25.2. The molecule has 1 unspecified atom stereocenters. The second-order valence-electron chi connectivity index (χ2n) is 8.75. The second kappa shape index (κ2) is 10.4. The lowest BCUT2D eigenvalue weighted by molar-refractivity contribution is -0.124. The molecule has 184 valence electrons. The summed E-state index contributed by atoms with van der Waals surface area (Å²) >= 11 is 6.07. The fourth-order valence-corrected chi connectivity index (χ4v) is 4.34. The molecule has 4 rings (SSSR count). The van der Waals surface area contributed by atoms with Crippen molar-refractivity contribution in [2.24, 2.45) is 7.05 Å². The number of halogens is 1. The molecule has 0 saturated heterocycles. The molecule has 6 nitrogen and oxygen atoms in total. The van der Waals surface area contributed by atoms with E-state index in [1.807, 2.05) is 50.2 Å². The molecular weight excluding hydrogens is 476 g/mol. The summed E-state index contributed by atoms with van der Waals surface area (Å²) < 4.78 is 7.01. The van der Waals surface area contributed by atoms with Crippen molar-refractivity contribution in [1.82, 2.24) is 4.57 Å². The Balaban J connectivity index is 1.76. The Kier molecular flexibility index (Phi) is 7.27. The van der Waals surface area contributed by atoms with Gasteiger partial charge in [0, 0.05) is 28.7 Å². The largest absolute Gasteiger partial charge is 0.448 e. The lowest BCUT2D eigenvalue weighted by atomic mass is 9.96. The van der Waals surface area contributed by atoms with Crippen molar-refractivity contribution >= 4 is 39.9 Å². The number of hydrogen-bond acceptors (Lipinski definition) is 4. The van der Waals surface area contributed by atoms with Gasteiger partial charge in [-0.25, -0.2) is 4.79 Å². The normalized spacial score (nSPS) is 11.8. The molecule has 1 heterocycles. The number of fused-ring (bicyclic) bond motifs is 1. The van der Waals surface area contributed by atoms with Crippen LogP contribution in [0.25, 0.3) is 21.9 Å². The molecular formula is C29H27ClN2O4. The number of nitrogens with one attached hydrogen (secondary N) is 1. The molecule has 0 radical (unpaired) electrons. The Morgan fingerprint density at radius 2 is 1.67 bits per heavy atom. The van der Waals surface area contributed by atoms with E-state index in [0.717, 1.165) is 16.7 Å². The van der Waals surface area contributed by atoms with Crippen LogP contribution in [0.3, 0.4) is 0 Å². The summed E-state index contributed by atoms with van der Waals surface area (Å²) in [4.78, 5) is 39.8. The Hall–Kier alpha value is -3.90. The van der Waals surface area contributed by atoms with Crippen LogP contribution in [0.5, 0.6) is 0 Å². The third-order valence-corrected chi connectivity index (χ3v) is 6.44. The molecule has 0 aliphatic heterocycles. The highest BCUT2D eigenvalue weighted by molar-refractivity contribution is 6.31. The molecule has 7 heteroatoms. The average molecular weight is 503 g/mol. The molecule has 1 atom stereocenters. The third kappa shape index (κ3) is 4.90. The highest BCUT2D eigenvalue weighted by atomic mass is 35.5. The van der Waals surface area contributed by atoms with Gasteiger partial charge in [-0.1, -0.05) is 72.6 Å². The van der Waals surface area contributed by atoms with E-state index in [9.17, 15) is 14.4 Å². The van der Waals surface area contributed by atoms with Gasteiger partial charge < -0.3 is 14.6 Å². The molecule has 1 aromatic heterocycles. The van der Waals surface area contributed by atoms with E-state index < -0.39 is 18.0 Å². The Morgan fingerprint density at radius 3 is 2.33 bits per heavy atom. The summed E-state index contributed by atoms with van der Waals surface area (Å²) in [6.45, 7) is 5.57. The topological polar surface area (TPSA) is 77.4 Å². The molecule has 0 fully saturated rings. The minimum absolute atomic E-state index is 0.0905. The van der Waals surface area contributed by atoms with Gasteiger partial charge in [-0.3, -0.25) is 9.59 Å². The number of carbonyl (C=O) groups excluding carboxylic acids is 2. The van der Waals surface area contributed by atoms with Crippen molar-refractivity contribution in [1.29, 1.82) is 0 Å². The number of hydrogen-bond donors (Lipinski definition) is 1. The van der Waals surface area contributed by atoms with Gasteiger partial charge in [0.1, 0.15) is 5.69 Å². The molecule has 3 aromatic carbocycles. The Labute approximate surface area is 214 Å². The van der Waals surface area contributed by atoms with Gasteiger partial charge in [-0.05, 0) is 55.0 Å². The van der Waals surface area contributed by atoms with Crippen LogP contribution in [0.2, 0.25) is 5.02 Å². The third-order valence-electron chi connectivity index (χ3n) is 6.21. The van der Waals surface area contributed by atoms with Crippen molar-refractivity contribution in [3.05, 3.63) is 98.9 Å². The van der Waals surface area contributed by atoms with Crippen LogP contribution in [0, 0.1) is 13.8 Å². The summed E-state index contributed by atoms with van der Waals surface area (Å²) in [5.41, 5.74) is 3.56. The second-order valence-corrected chi connectivity index (χ2v) is 9.19. The van der Waals surface area contributed by atoms with Crippen LogP contribution in [0.15, 0.2) is 71.5 Å². The first-order chi connectivity index (χ1) is 17.2. The molecule has 0 saturated carbocycles. The van der Waals surface area contributed by atoms with Crippen LogP contribution in [0.1, 0.15) is 35.0 Å².